The Morgan fingerprint density at radius 3 is 1.83 bits per heavy atom. The van der Waals surface area contributed by atoms with Crippen molar-refractivity contribution in [2.24, 2.45) is 5.41 Å². The van der Waals surface area contributed by atoms with Crippen LogP contribution in [0.4, 0.5) is 0 Å². The first-order valence-corrected chi connectivity index (χ1v) is 4.11. The third-order valence-corrected chi connectivity index (χ3v) is 1.94. The van der Waals surface area contributed by atoms with Crippen LogP contribution in [-0.4, -0.2) is 21.8 Å². The number of hydrogen-bond acceptors (Lipinski definition) is 2. The zero-order chi connectivity index (χ0) is 9.99. The van der Waals surface area contributed by atoms with Crippen LogP contribution in [0.1, 0.15) is 40.5 Å². The van der Waals surface area contributed by atoms with Gasteiger partial charge in [-0.2, -0.15) is 0 Å². The quantitative estimate of drug-likeness (QED) is 0.681. The van der Waals surface area contributed by atoms with E-state index in [1.807, 2.05) is 0 Å². The van der Waals surface area contributed by atoms with E-state index in [1.165, 1.54) is 0 Å². The van der Waals surface area contributed by atoms with Gasteiger partial charge in [-0.3, -0.25) is 4.79 Å². The van der Waals surface area contributed by atoms with E-state index in [0.717, 1.165) is 0 Å². The van der Waals surface area contributed by atoms with E-state index in [-0.39, 0.29) is 0 Å². The third kappa shape index (κ3) is 4.34. The van der Waals surface area contributed by atoms with E-state index in [9.17, 15) is 9.90 Å². The minimum atomic E-state index is -0.813. The molecule has 0 heterocycles. The number of aliphatic carboxylic acids is 1. The SMILES string of the molecule is CC(C)(O)CCC(C)(C)C(=O)O. The second-order valence-corrected chi connectivity index (χ2v) is 4.50. The van der Waals surface area contributed by atoms with Crippen molar-refractivity contribution in [1.29, 1.82) is 0 Å². The molecule has 0 aliphatic heterocycles. The highest BCUT2D eigenvalue weighted by Gasteiger charge is 2.29. The van der Waals surface area contributed by atoms with Crippen LogP contribution in [0.25, 0.3) is 0 Å². The minimum absolute atomic E-state index is 0.492. The molecule has 3 nitrogen and oxygen atoms in total. The maximum Gasteiger partial charge on any atom is 0.309 e. The molecular formula is C9H18O3. The second-order valence-electron chi connectivity index (χ2n) is 4.50. The molecule has 0 aliphatic carbocycles. The molecule has 0 radical (unpaired) electrons. The first-order chi connectivity index (χ1) is 5.15. The van der Waals surface area contributed by atoms with Gasteiger partial charge in [0.05, 0.1) is 11.0 Å². The largest absolute Gasteiger partial charge is 0.481 e. The van der Waals surface area contributed by atoms with Crippen LogP contribution in [0.3, 0.4) is 0 Å². The van der Waals surface area contributed by atoms with Gasteiger partial charge in [-0.25, -0.2) is 0 Å². The van der Waals surface area contributed by atoms with E-state index in [1.54, 1.807) is 27.7 Å². The highest BCUT2D eigenvalue weighted by Crippen LogP contribution is 2.26. The Morgan fingerprint density at radius 1 is 1.17 bits per heavy atom. The van der Waals surface area contributed by atoms with E-state index in [0.29, 0.717) is 12.8 Å². The first kappa shape index (κ1) is 11.4. The van der Waals surface area contributed by atoms with Crippen LogP contribution >= 0.6 is 0 Å². The molecule has 0 saturated carbocycles. The minimum Gasteiger partial charge on any atom is -0.481 e. The van der Waals surface area contributed by atoms with Gasteiger partial charge in [0.25, 0.3) is 0 Å². The Balaban J connectivity index is 4.01. The third-order valence-electron chi connectivity index (χ3n) is 1.94. The summed E-state index contributed by atoms with van der Waals surface area (Å²) in [6, 6.07) is 0. The normalized spacial score (nSPS) is 13.1. The van der Waals surface area contributed by atoms with Crippen molar-refractivity contribution in [1.82, 2.24) is 0 Å². The predicted octanol–water partition coefficient (Wildman–Crippen LogP) is 1.65. The first-order valence-electron chi connectivity index (χ1n) is 4.11. The molecule has 0 aliphatic rings. The molecule has 0 saturated heterocycles. The fraction of sp³-hybridized carbons (Fsp3) is 0.889. The molecule has 0 atom stereocenters. The lowest BCUT2D eigenvalue weighted by atomic mass is 9.84. The Labute approximate surface area is 73.4 Å². The average Bonchev–Trinajstić information content (AvgIpc) is 1.82. The van der Waals surface area contributed by atoms with E-state index >= 15 is 0 Å². The molecule has 3 heteroatoms. The average molecular weight is 174 g/mol. The summed E-state index contributed by atoms with van der Waals surface area (Å²) in [5.41, 5.74) is -1.51. The summed E-state index contributed by atoms with van der Waals surface area (Å²) in [7, 11) is 0. The number of rotatable bonds is 4. The number of carboxylic acids is 1. The maximum absolute atomic E-state index is 10.7. The number of hydrogen-bond donors (Lipinski definition) is 2. The summed E-state index contributed by atoms with van der Waals surface area (Å²) >= 11 is 0. The van der Waals surface area contributed by atoms with E-state index in [4.69, 9.17) is 5.11 Å². The molecule has 72 valence electrons. The van der Waals surface area contributed by atoms with Crippen molar-refractivity contribution in [2.45, 2.75) is 46.1 Å². The van der Waals surface area contributed by atoms with Crippen molar-refractivity contribution in [3.05, 3.63) is 0 Å². The molecular weight excluding hydrogens is 156 g/mol. The van der Waals surface area contributed by atoms with Gasteiger partial charge in [-0.1, -0.05) is 0 Å². The van der Waals surface area contributed by atoms with Gasteiger partial charge in [-0.15, -0.1) is 0 Å². The van der Waals surface area contributed by atoms with Crippen LogP contribution in [0, 0.1) is 5.41 Å². The lowest BCUT2D eigenvalue weighted by Gasteiger charge is -2.24. The fourth-order valence-electron chi connectivity index (χ4n) is 0.725. The smallest absolute Gasteiger partial charge is 0.309 e. The van der Waals surface area contributed by atoms with Gasteiger partial charge in [0, 0.05) is 0 Å². The summed E-state index contributed by atoms with van der Waals surface area (Å²) < 4.78 is 0. The predicted molar refractivity (Wildman–Crippen MR) is 46.9 cm³/mol. The Morgan fingerprint density at radius 2 is 1.58 bits per heavy atom. The Kier molecular flexibility index (Phi) is 3.27. The van der Waals surface area contributed by atoms with Crippen LogP contribution in [0.5, 0.6) is 0 Å². The molecule has 0 aromatic rings. The fourth-order valence-corrected chi connectivity index (χ4v) is 0.725. The Hall–Kier alpha value is -0.570. The van der Waals surface area contributed by atoms with Crippen LogP contribution in [0.15, 0.2) is 0 Å². The van der Waals surface area contributed by atoms with E-state index in [2.05, 4.69) is 0 Å². The standard InChI is InChI=1S/C9H18O3/c1-8(2,7(10)11)5-6-9(3,4)12/h12H,5-6H2,1-4H3,(H,10,11). The zero-order valence-corrected chi connectivity index (χ0v) is 8.22. The molecule has 0 rings (SSSR count). The van der Waals surface area contributed by atoms with Crippen LogP contribution in [-0.2, 0) is 4.79 Å². The van der Waals surface area contributed by atoms with Crippen LogP contribution < -0.4 is 0 Å². The summed E-state index contributed by atoms with van der Waals surface area (Å²) in [6.45, 7) is 6.71. The summed E-state index contributed by atoms with van der Waals surface area (Å²) in [5, 5.41) is 18.1. The lowest BCUT2D eigenvalue weighted by Crippen LogP contribution is -2.28. The maximum atomic E-state index is 10.7. The van der Waals surface area contributed by atoms with Crippen molar-refractivity contribution < 1.29 is 15.0 Å². The molecule has 0 aromatic carbocycles. The van der Waals surface area contributed by atoms with Gasteiger partial charge >= 0.3 is 5.97 Å². The van der Waals surface area contributed by atoms with Gasteiger partial charge in [-0.05, 0) is 40.5 Å². The molecule has 0 bridgehead atoms. The molecule has 2 N–H and O–H groups in total. The number of carbonyl (C=O) groups is 1. The molecule has 12 heavy (non-hydrogen) atoms. The molecule has 0 amide bonds. The van der Waals surface area contributed by atoms with Gasteiger partial charge < -0.3 is 10.2 Å². The highest BCUT2D eigenvalue weighted by atomic mass is 16.4. The highest BCUT2D eigenvalue weighted by molar-refractivity contribution is 5.73. The monoisotopic (exact) mass is 174 g/mol. The molecule has 0 aromatic heterocycles. The summed E-state index contributed by atoms with van der Waals surface area (Å²) in [6.07, 6.45) is 0.998. The number of carboxylic acid groups (broad SMARTS) is 1. The van der Waals surface area contributed by atoms with Crippen molar-refractivity contribution in [3.63, 3.8) is 0 Å². The zero-order valence-electron chi connectivity index (χ0n) is 8.22. The van der Waals surface area contributed by atoms with Gasteiger partial charge in [0.15, 0.2) is 0 Å². The lowest BCUT2D eigenvalue weighted by molar-refractivity contribution is -0.147. The topological polar surface area (TPSA) is 57.5 Å². The van der Waals surface area contributed by atoms with Crippen molar-refractivity contribution in [2.75, 3.05) is 0 Å². The van der Waals surface area contributed by atoms with Crippen molar-refractivity contribution >= 4 is 5.97 Å². The summed E-state index contributed by atoms with van der Waals surface area (Å²) in [5.74, 6) is -0.813. The van der Waals surface area contributed by atoms with Gasteiger partial charge in [0.2, 0.25) is 0 Å². The Bertz CT molecular complexity index is 165. The summed E-state index contributed by atoms with van der Waals surface area (Å²) in [4.78, 5) is 10.7. The second kappa shape index (κ2) is 3.44. The molecule has 0 spiro atoms. The van der Waals surface area contributed by atoms with Gasteiger partial charge in [0.1, 0.15) is 0 Å². The molecule has 0 unspecified atom stereocenters. The number of aliphatic hydroxyl groups is 1. The van der Waals surface area contributed by atoms with E-state index < -0.39 is 17.0 Å². The van der Waals surface area contributed by atoms with Crippen molar-refractivity contribution in [3.8, 4) is 0 Å². The van der Waals surface area contributed by atoms with Crippen LogP contribution in [0.2, 0.25) is 0 Å². The molecule has 0 fully saturated rings.